The SMILES string of the molecule is CC(=O)N[C@@H](Cc1ccc(F)c(F)c1)C(=O)NC1CCN(S(=O)(=O)c2ccc(Cl)cc2)CC1. The first-order chi connectivity index (χ1) is 15.6. The van der Waals surface area contributed by atoms with Crippen LogP contribution in [-0.4, -0.2) is 49.7 Å². The lowest BCUT2D eigenvalue weighted by Crippen LogP contribution is -2.53. The normalized spacial score (nSPS) is 16.2. The fraction of sp³-hybridized carbons (Fsp3) is 0.364. The molecule has 0 unspecified atom stereocenters. The number of nitrogens with zero attached hydrogens (tertiary/aromatic N) is 1. The fourth-order valence-corrected chi connectivity index (χ4v) is 5.25. The van der Waals surface area contributed by atoms with Crippen LogP contribution in [0.3, 0.4) is 0 Å². The number of amides is 2. The molecule has 0 radical (unpaired) electrons. The smallest absolute Gasteiger partial charge is 0.243 e. The molecule has 33 heavy (non-hydrogen) atoms. The topological polar surface area (TPSA) is 95.6 Å². The molecule has 7 nitrogen and oxygen atoms in total. The number of sulfonamides is 1. The van der Waals surface area contributed by atoms with Crippen LogP contribution in [0.1, 0.15) is 25.3 Å². The predicted molar refractivity (Wildman–Crippen MR) is 119 cm³/mol. The number of nitrogens with one attached hydrogen (secondary N) is 2. The number of carbonyl (C=O) groups is 2. The zero-order valence-corrected chi connectivity index (χ0v) is 19.4. The van der Waals surface area contributed by atoms with Gasteiger partial charge in [0.25, 0.3) is 0 Å². The third kappa shape index (κ3) is 6.49. The molecule has 2 aromatic rings. The van der Waals surface area contributed by atoms with Gasteiger partial charge in [-0.3, -0.25) is 9.59 Å². The van der Waals surface area contributed by atoms with Gasteiger partial charge in [0.2, 0.25) is 21.8 Å². The lowest BCUT2D eigenvalue weighted by Gasteiger charge is -2.32. The van der Waals surface area contributed by atoms with Crippen LogP contribution < -0.4 is 10.6 Å². The van der Waals surface area contributed by atoms with Crippen molar-refractivity contribution in [3.05, 3.63) is 64.7 Å². The average Bonchev–Trinajstić information content (AvgIpc) is 2.76. The molecule has 1 saturated heterocycles. The van der Waals surface area contributed by atoms with Crippen LogP contribution >= 0.6 is 11.6 Å². The maximum Gasteiger partial charge on any atom is 0.243 e. The molecule has 2 aromatic carbocycles. The highest BCUT2D eigenvalue weighted by atomic mass is 35.5. The molecule has 3 rings (SSSR count). The van der Waals surface area contributed by atoms with Crippen molar-refractivity contribution < 1.29 is 26.8 Å². The number of carbonyl (C=O) groups excluding carboxylic acids is 2. The maximum atomic E-state index is 13.5. The Labute approximate surface area is 196 Å². The first-order valence-electron chi connectivity index (χ1n) is 10.3. The van der Waals surface area contributed by atoms with Crippen LogP contribution in [0.4, 0.5) is 8.78 Å². The molecule has 11 heteroatoms. The summed E-state index contributed by atoms with van der Waals surface area (Å²) in [6.45, 7) is 1.68. The van der Waals surface area contributed by atoms with E-state index in [9.17, 15) is 26.8 Å². The van der Waals surface area contributed by atoms with Gasteiger partial charge >= 0.3 is 0 Å². The zero-order valence-electron chi connectivity index (χ0n) is 17.9. The highest BCUT2D eigenvalue weighted by Gasteiger charge is 2.31. The van der Waals surface area contributed by atoms with Gasteiger partial charge in [-0.25, -0.2) is 17.2 Å². The predicted octanol–water partition coefficient (Wildman–Crippen LogP) is 2.63. The summed E-state index contributed by atoms with van der Waals surface area (Å²) in [5.41, 5.74) is 0.353. The Kier molecular flexibility index (Phi) is 8.04. The second kappa shape index (κ2) is 10.6. The van der Waals surface area contributed by atoms with E-state index >= 15 is 0 Å². The van der Waals surface area contributed by atoms with E-state index in [0.717, 1.165) is 12.1 Å². The van der Waals surface area contributed by atoms with Crippen LogP contribution in [0.15, 0.2) is 47.4 Å². The minimum absolute atomic E-state index is 0.0214. The van der Waals surface area contributed by atoms with E-state index in [-0.39, 0.29) is 30.4 Å². The Balaban J connectivity index is 1.61. The van der Waals surface area contributed by atoms with Crippen LogP contribution in [0, 0.1) is 11.6 Å². The van der Waals surface area contributed by atoms with Crippen molar-refractivity contribution in [2.24, 2.45) is 0 Å². The molecule has 1 heterocycles. The summed E-state index contributed by atoms with van der Waals surface area (Å²) in [6, 6.07) is 7.93. The molecule has 2 N–H and O–H groups in total. The van der Waals surface area contributed by atoms with E-state index in [2.05, 4.69) is 10.6 Å². The third-order valence-electron chi connectivity index (χ3n) is 5.37. The molecule has 2 amide bonds. The number of rotatable bonds is 7. The minimum atomic E-state index is -3.67. The van der Waals surface area contributed by atoms with Crippen molar-refractivity contribution in [1.29, 1.82) is 0 Å². The summed E-state index contributed by atoms with van der Waals surface area (Å²) in [4.78, 5) is 24.5. The Bertz CT molecular complexity index is 1120. The van der Waals surface area contributed by atoms with Gasteiger partial charge in [0.15, 0.2) is 11.6 Å². The van der Waals surface area contributed by atoms with E-state index < -0.39 is 39.5 Å². The molecule has 1 aliphatic heterocycles. The number of hydrogen-bond donors (Lipinski definition) is 2. The van der Waals surface area contributed by atoms with Gasteiger partial charge in [0, 0.05) is 37.5 Å². The lowest BCUT2D eigenvalue weighted by molar-refractivity contribution is -0.128. The summed E-state index contributed by atoms with van der Waals surface area (Å²) in [5.74, 6) is -2.96. The molecule has 1 atom stereocenters. The minimum Gasteiger partial charge on any atom is -0.351 e. The highest BCUT2D eigenvalue weighted by molar-refractivity contribution is 7.89. The largest absolute Gasteiger partial charge is 0.351 e. The quantitative estimate of drug-likeness (QED) is 0.612. The molecule has 178 valence electrons. The highest BCUT2D eigenvalue weighted by Crippen LogP contribution is 2.22. The lowest BCUT2D eigenvalue weighted by atomic mass is 10.0. The molecular formula is C22H24ClF2N3O4S. The van der Waals surface area contributed by atoms with E-state index in [1.165, 1.54) is 41.6 Å². The van der Waals surface area contributed by atoms with Gasteiger partial charge in [0.1, 0.15) is 6.04 Å². The zero-order chi connectivity index (χ0) is 24.2. The van der Waals surface area contributed by atoms with Gasteiger partial charge in [-0.05, 0) is 54.8 Å². The molecule has 0 spiro atoms. The molecule has 0 aliphatic carbocycles. The van der Waals surface area contributed by atoms with Gasteiger partial charge in [-0.15, -0.1) is 0 Å². The maximum absolute atomic E-state index is 13.5. The molecule has 1 aliphatic rings. The Morgan fingerprint density at radius 2 is 1.73 bits per heavy atom. The van der Waals surface area contributed by atoms with Crippen LogP contribution in [0.5, 0.6) is 0 Å². The Hall–Kier alpha value is -2.56. The van der Waals surface area contributed by atoms with Crippen LogP contribution in [0.2, 0.25) is 5.02 Å². The van der Waals surface area contributed by atoms with Gasteiger partial charge in [-0.1, -0.05) is 17.7 Å². The second-order valence-corrected chi connectivity index (χ2v) is 10.2. The summed E-state index contributed by atoms with van der Waals surface area (Å²) in [7, 11) is -3.67. The van der Waals surface area contributed by atoms with Gasteiger partial charge in [-0.2, -0.15) is 4.31 Å². The fourth-order valence-electron chi connectivity index (χ4n) is 3.65. The molecule has 0 aromatic heterocycles. The van der Waals surface area contributed by atoms with E-state index in [4.69, 9.17) is 11.6 Å². The van der Waals surface area contributed by atoms with E-state index in [0.29, 0.717) is 23.4 Å². The molecule has 1 fully saturated rings. The Morgan fingerprint density at radius 3 is 2.30 bits per heavy atom. The number of hydrogen-bond acceptors (Lipinski definition) is 4. The summed E-state index contributed by atoms with van der Waals surface area (Å²) in [5, 5.41) is 5.79. The van der Waals surface area contributed by atoms with Gasteiger partial charge in [0.05, 0.1) is 4.90 Å². The number of benzene rings is 2. The standard InChI is InChI=1S/C22H24ClF2N3O4S/c1-14(29)26-21(13-15-2-7-19(24)20(25)12-15)22(30)27-17-8-10-28(11-9-17)33(31,32)18-5-3-16(23)4-6-18/h2-7,12,17,21H,8-11,13H2,1H3,(H,26,29)(H,27,30)/t21-/m0/s1. The number of halogens is 3. The first-order valence-corrected chi connectivity index (χ1v) is 12.1. The van der Waals surface area contributed by atoms with Crippen molar-refractivity contribution in [1.82, 2.24) is 14.9 Å². The van der Waals surface area contributed by atoms with E-state index in [1.54, 1.807) is 0 Å². The van der Waals surface area contributed by atoms with Crippen LogP contribution in [-0.2, 0) is 26.0 Å². The van der Waals surface area contributed by atoms with Crippen molar-refractivity contribution in [3.63, 3.8) is 0 Å². The number of piperidine rings is 1. The summed E-state index contributed by atoms with van der Waals surface area (Å²) < 4.78 is 53.7. The summed E-state index contributed by atoms with van der Waals surface area (Å²) in [6.07, 6.45) is 0.749. The van der Waals surface area contributed by atoms with Crippen LogP contribution in [0.25, 0.3) is 0 Å². The monoisotopic (exact) mass is 499 g/mol. The average molecular weight is 500 g/mol. The Morgan fingerprint density at radius 1 is 1.09 bits per heavy atom. The molecule has 0 saturated carbocycles. The van der Waals surface area contributed by atoms with Crippen molar-refractivity contribution >= 4 is 33.4 Å². The van der Waals surface area contributed by atoms with E-state index in [1.807, 2.05) is 0 Å². The van der Waals surface area contributed by atoms with Crippen molar-refractivity contribution in [3.8, 4) is 0 Å². The third-order valence-corrected chi connectivity index (χ3v) is 7.53. The first kappa shape index (κ1) is 25.1. The van der Waals surface area contributed by atoms with Crippen molar-refractivity contribution in [2.45, 2.75) is 43.2 Å². The molecule has 0 bridgehead atoms. The second-order valence-electron chi connectivity index (χ2n) is 7.85. The van der Waals surface area contributed by atoms with Crippen molar-refractivity contribution in [2.75, 3.05) is 13.1 Å². The molecular weight excluding hydrogens is 476 g/mol. The summed E-state index contributed by atoms with van der Waals surface area (Å²) >= 11 is 5.83. The van der Waals surface area contributed by atoms with Gasteiger partial charge < -0.3 is 10.6 Å².